The van der Waals surface area contributed by atoms with Crippen molar-refractivity contribution < 1.29 is 18.0 Å². The van der Waals surface area contributed by atoms with Crippen LogP contribution in [0.3, 0.4) is 0 Å². The summed E-state index contributed by atoms with van der Waals surface area (Å²) in [4.78, 5) is 24.3. The van der Waals surface area contributed by atoms with E-state index in [1.54, 1.807) is 50.3 Å². The highest BCUT2D eigenvalue weighted by Gasteiger charge is 2.20. The van der Waals surface area contributed by atoms with Crippen LogP contribution in [0.15, 0.2) is 59.5 Å². The van der Waals surface area contributed by atoms with Crippen LogP contribution >= 0.6 is 0 Å². The number of nitrogens with one attached hydrogen (secondary N) is 2. The van der Waals surface area contributed by atoms with E-state index in [9.17, 15) is 18.0 Å². The lowest BCUT2D eigenvalue weighted by Gasteiger charge is -2.18. The van der Waals surface area contributed by atoms with Crippen LogP contribution in [0.5, 0.6) is 0 Å². The van der Waals surface area contributed by atoms with Gasteiger partial charge in [0.15, 0.2) is 0 Å². The Kier molecular flexibility index (Phi) is 8.96. The van der Waals surface area contributed by atoms with Crippen molar-refractivity contribution in [3.05, 3.63) is 71.3 Å². The molecule has 2 N–H and O–H groups in total. The van der Waals surface area contributed by atoms with E-state index < -0.39 is 10.0 Å². The molecule has 0 unspecified atom stereocenters. The molecule has 166 valence electrons. The molecular formula is C23H29N3O4S. The Hall–Kier alpha value is -2.97. The summed E-state index contributed by atoms with van der Waals surface area (Å²) in [5.41, 5.74) is 2.08. The van der Waals surface area contributed by atoms with Crippen molar-refractivity contribution in [3.8, 4) is 0 Å². The van der Waals surface area contributed by atoms with Crippen molar-refractivity contribution in [2.45, 2.75) is 32.2 Å². The van der Waals surface area contributed by atoms with Crippen molar-refractivity contribution in [2.75, 3.05) is 19.6 Å². The summed E-state index contributed by atoms with van der Waals surface area (Å²) in [6.45, 7) is 7.11. The van der Waals surface area contributed by atoms with Gasteiger partial charge in [0.1, 0.15) is 0 Å². The summed E-state index contributed by atoms with van der Waals surface area (Å²) >= 11 is 0. The Morgan fingerprint density at radius 2 is 1.65 bits per heavy atom. The lowest BCUT2D eigenvalue weighted by atomic mass is 10.1. The van der Waals surface area contributed by atoms with Gasteiger partial charge in [0.05, 0.1) is 4.90 Å². The highest BCUT2D eigenvalue weighted by Crippen LogP contribution is 2.16. The molecule has 2 rings (SSSR count). The number of sulfonamides is 1. The highest BCUT2D eigenvalue weighted by atomic mass is 32.2. The molecule has 0 spiro atoms. The van der Waals surface area contributed by atoms with Gasteiger partial charge in [-0.3, -0.25) is 9.59 Å². The van der Waals surface area contributed by atoms with Crippen LogP contribution in [0.1, 0.15) is 42.3 Å². The fourth-order valence-electron chi connectivity index (χ4n) is 2.97. The number of benzene rings is 2. The molecule has 0 aliphatic heterocycles. The van der Waals surface area contributed by atoms with Crippen molar-refractivity contribution in [1.82, 2.24) is 14.9 Å². The largest absolute Gasteiger partial charge is 0.352 e. The van der Waals surface area contributed by atoms with Crippen molar-refractivity contribution in [3.63, 3.8) is 0 Å². The molecule has 0 atom stereocenters. The predicted octanol–water partition coefficient (Wildman–Crippen LogP) is 2.80. The predicted molar refractivity (Wildman–Crippen MR) is 122 cm³/mol. The number of nitrogens with zero attached hydrogens (tertiary/aromatic N) is 1. The SMILES string of the molecule is CCNC(=O)c1cccc(CNC(=O)/C=C/c2ccc(S(=O)(=O)N(CC)CC)cc2)c1. The number of hydrogen-bond donors (Lipinski definition) is 2. The minimum atomic E-state index is -3.50. The number of carbonyl (C=O) groups is 2. The van der Waals surface area contributed by atoms with Crippen LogP contribution in [-0.4, -0.2) is 44.2 Å². The van der Waals surface area contributed by atoms with Crippen molar-refractivity contribution >= 4 is 27.9 Å². The molecule has 31 heavy (non-hydrogen) atoms. The topological polar surface area (TPSA) is 95.6 Å². The van der Waals surface area contributed by atoms with Crippen molar-refractivity contribution in [1.29, 1.82) is 0 Å². The molecular weight excluding hydrogens is 414 g/mol. The molecule has 0 saturated carbocycles. The van der Waals surface area contributed by atoms with Crippen molar-refractivity contribution in [2.24, 2.45) is 0 Å². The molecule has 0 aliphatic rings. The van der Waals surface area contributed by atoms with Gasteiger partial charge in [-0.05, 0) is 48.4 Å². The third kappa shape index (κ3) is 6.77. The van der Waals surface area contributed by atoms with Gasteiger partial charge in [0.2, 0.25) is 15.9 Å². The van der Waals surface area contributed by atoms with E-state index >= 15 is 0 Å². The Labute approximate surface area is 184 Å². The first kappa shape index (κ1) is 24.3. The molecule has 8 heteroatoms. The van der Waals surface area contributed by atoms with E-state index in [-0.39, 0.29) is 23.3 Å². The number of carbonyl (C=O) groups excluding carboxylic acids is 2. The van der Waals surface area contributed by atoms with E-state index in [2.05, 4.69) is 10.6 Å². The van der Waals surface area contributed by atoms with E-state index in [0.29, 0.717) is 30.8 Å². The van der Waals surface area contributed by atoms with Gasteiger partial charge in [0.25, 0.3) is 5.91 Å². The fraction of sp³-hybridized carbons (Fsp3) is 0.304. The molecule has 0 fully saturated rings. The van der Waals surface area contributed by atoms with Crippen LogP contribution < -0.4 is 10.6 Å². The first-order valence-corrected chi connectivity index (χ1v) is 11.7. The maximum absolute atomic E-state index is 12.5. The normalized spacial score (nSPS) is 11.6. The molecule has 2 aromatic rings. The number of hydrogen-bond acceptors (Lipinski definition) is 4. The third-order valence-electron chi connectivity index (χ3n) is 4.64. The Bertz CT molecular complexity index is 1030. The van der Waals surface area contributed by atoms with Gasteiger partial charge < -0.3 is 10.6 Å². The number of amides is 2. The maximum Gasteiger partial charge on any atom is 0.251 e. The molecule has 0 bridgehead atoms. The van der Waals surface area contributed by atoms with Crippen LogP contribution in [0.4, 0.5) is 0 Å². The molecule has 2 amide bonds. The first-order valence-electron chi connectivity index (χ1n) is 10.2. The summed E-state index contributed by atoms with van der Waals surface area (Å²) in [6, 6.07) is 13.5. The fourth-order valence-corrected chi connectivity index (χ4v) is 4.43. The quantitative estimate of drug-likeness (QED) is 0.552. The number of rotatable bonds is 10. The van der Waals surface area contributed by atoms with Crippen LogP contribution in [0.25, 0.3) is 6.08 Å². The van der Waals surface area contributed by atoms with Gasteiger partial charge >= 0.3 is 0 Å². The van der Waals surface area contributed by atoms with Gasteiger partial charge in [-0.1, -0.05) is 38.1 Å². The molecule has 0 saturated heterocycles. The molecule has 7 nitrogen and oxygen atoms in total. The standard InChI is InChI=1S/C23H29N3O4S/c1-4-24-23(28)20-9-7-8-19(16-20)17-25-22(27)15-12-18-10-13-21(14-11-18)31(29,30)26(5-2)6-3/h7-16H,4-6,17H2,1-3H3,(H,24,28)(H,25,27)/b15-12+. The Morgan fingerprint density at radius 3 is 2.26 bits per heavy atom. The van der Waals surface area contributed by atoms with E-state index in [0.717, 1.165) is 5.56 Å². The summed E-state index contributed by atoms with van der Waals surface area (Å²) in [5.74, 6) is -0.440. The smallest absolute Gasteiger partial charge is 0.251 e. The first-order chi connectivity index (χ1) is 14.8. The van der Waals surface area contributed by atoms with Gasteiger partial charge in [-0.15, -0.1) is 0 Å². The lowest BCUT2D eigenvalue weighted by Crippen LogP contribution is -2.30. The summed E-state index contributed by atoms with van der Waals surface area (Å²) < 4.78 is 26.4. The maximum atomic E-state index is 12.5. The zero-order valence-corrected chi connectivity index (χ0v) is 18.9. The molecule has 0 heterocycles. The summed E-state index contributed by atoms with van der Waals surface area (Å²) in [5, 5.41) is 5.51. The lowest BCUT2D eigenvalue weighted by molar-refractivity contribution is -0.116. The van der Waals surface area contributed by atoms with Crippen LogP contribution in [0, 0.1) is 0 Å². The molecule has 2 aromatic carbocycles. The monoisotopic (exact) mass is 443 g/mol. The molecule has 0 radical (unpaired) electrons. The average molecular weight is 444 g/mol. The van der Waals surface area contributed by atoms with Gasteiger partial charge in [-0.25, -0.2) is 8.42 Å². The second-order valence-electron chi connectivity index (χ2n) is 6.77. The van der Waals surface area contributed by atoms with Gasteiger partial charge in [0, 0.05) is 37.8 Å². The average Bonchev–Trinajstić information content (AvgIpc) is 2.77. The van der Waals surface area contributed by atoms with E-state index in [4.69, 9.17) is 0 Å². The minimum Gasteiger partial charge on any atom is -0.352 e. The second kappa shape index (κ2) is 11.4. The minimum absolute atomic E-state index is 0.151. The van der Waals surface area contributed by atoms with E-state index in [1.165, 1.54) is 22.5 Å². The molecule has 0 aromatic heterocycles. The Morgan fingerprint density at radius 1 is 0.968 bits per heavy atom. The zero-order valence-electron chi connectivity index (χ0n) is 18.1. The Balaban J connectivity index is 1.97. The third-order valence-corrected chi connectivity index (χ3v) is 6.71. The van der Waals surface area contributed by atoms with E-state index in [1.807, 2.05) is 13.0 Å². The highest BCUT2D eigenvalue weighted by molar-refractivity contribution is 7.89. The van der Waals surface area contributed by atoms with Crippen LogP contribution in [0.2, 0.25) is 0 Å². The van der Waals surface area contributed by atoms with Gasteiger partial charge in [-0.2, -0.15) is 4.31 Å². The summed E-state index contributed by atoms with van der Waals surface area (Å²) in [6.07, 6.45) is 3.01. The summed E-state index contributed by atoms with van der Waals surface area (Å²) in [7, 11) is -3.50. The second-order valence-corrected chi connectivity index (χ2v) is 8.71. The van der Waals surface area contributed by atoms with Crippen LogP contribution in [-0.2, 0) is 21.4 Å². The molecule has 0 aliphatic carbocycles. The zero-order chi connectivity index (χ0) is 22.9.